The zero-order valence-corrected chi connectivity index (χ0v) is 14.6. The van der Waals surface area contributed by atoms with Crippen molar-refractivity contribution in [2.45, 2.75) is 17.4 Å². The molecule has 0 spiro atoms. The van der Waals surface area contributed by atoms with Gasteiger partial charge < -0.3 is 10.8 Å². The maximum atomic E-state index is 11.5. The molecule has 2 atom stereocenters. The molecular weight excluding hydrogens is 362 g/mol. The molecule has 3 nitrogen and oxygen atoms in total. The first-order valence-corrected chi connectivity index (χ1v) is 7.85. The summed E-state index contributed by atoms with van der Waals surface area (Å²) in [4.78, 5) is 12.6. The fraction of sp³-hybridized carbons (Fsp3) is 0.235. The van der Waals surface area contributed by atoms with Crippen molar-refractivity contribution in [1.29, 1.82) is 0 Å². The minimum atomic E-state index is -0.833. The van der Waals surface area contributed by atoms with Gasteiger partial charge >= 0.3 is 5.97 Å². The van der Waals surface area contributed by atoms with Crippen molar-refractivity contribution in [3.63, 3.8) is 0 Å². The molecule has 0 saturated carbocycles. The molecule has 0 aliphatic carbocycles. The molecule has 2 aromatic carbocycles. The molecule has 3 N–H and O–H groups in total. The van der Waals surface area contributed by atoms with E-state index in [0.717, 1.165) is 10.5 Å². The predicted octanol–water partition coefficient (Wildman–Crippen LogP) is 3.63. The monoisotopic (exact) mass is 381 g/mol. The standard InChI is InChI=1S/C17H19NO2S.BrH/c18-16(12-21-14-9-5-2-6-10-14)15(17(19)20)11-13-7-3-1-4-8-13;/h1-10,15-16H,11-12,18H2,(H,19,20);1H/t15-,16+;/m0./s1. The molecule has 0 saturated heterocycles. The lowest BCUT2D eigenvalue weighted by atomic mass is 9.94. The van der Waals surface area contributed by atoms with Gasteiger partial charge in [0.15, 0.2) is 0 Å². The Morgan fingerprint density at radius 1 is 1.05 bits per heavy atom. The fourth-order valence-corrected chi connectivity index (χ4v) is 3.08. The molecule has 0 aromatic heterocycles. The Labute approximate surface area is 145 Å². The third-order valence-electron chi connectivity index (χ3n) is 3.32. The average Bonchev–Trinajstić information content (AvgIpc) is 2.52. The van der Waals surface area contributed by atoms with E-state index < -0.39 is 11.9 Å². The second-order valence-corrected chi connectivity index (χ2v) is 6.02. The third kappa shape index (κ3) is 5.83. The number of aliphatic carboxylic acids is 1. The summed E-state index contributed by atoms with van der Waals surface area (Å²) >= 11 is 1.60. The van der Waals surface area contributed by atoms with Gasteiger partial charge in [0, 0.05) is 16.7 Å². The Balaban J connectivity index is 0.00000242. The van der Waals surface area contributed by atoms with E-state index in [4.69, 9.17) is 5.73 Å². The van der Waals surface area contributed by atoms with Crippen molar-refractivity contribution < 1.29 is 9.90 Å². The molecular formula is C17H20BrNO2S. The number of hydrogen-bond donors (Lipinski definition) is 2. The van der Waals surface area contributed by atoms with Gasteiger partial charge in [-0.25, -0.2) is 0 Å². The van der Waals surface area contributed by atoms with Gasteiger partial charge in [-0.05, 0) is 24.1 Å². The molecule has 2 rings (SSSR count). The summed E-state index contributed by atoms with van der Waals surface area (Å²) in [6, 6.07) is 19.1. The van der Waals surface area contributed by atoms with Gasteiger partial charge in [-0.1, -0.05) is 48.5 Å². The number of halogens is 1. The normalized spacial score (nSPS) is 13.0. The van der Waals surface area contributed by atoms with Crippen LogP contribution in [0.4, 0.5) is 0 Å². The smallest absolute Gasteiger partial charge is 0.308 e. The first kappa shape index (κ1) is 18.7. The van der Waals surface area contributed by atoms with Crippen molar-refractivity contribution in [2.24, 2.45) is 11.7 Å². The molecule has 0 aliphatic rings. The largest absolute Gasteiger partial charge is 0.481 e. The van der Waals surface area contributed by atoms with E-state index in [2.05, 4.69) is 0 Å². The van der Waals surface area contributed by atoms with E-state index in [0.29, 0.717) is 12.2 Å². The van der Waals surface area contributed by atoms with E-state index >= 15 is 0 Å². The molecule has 0 aliphatic heterocycles. The number of hydrogen-bond acceptors (Lipinski definition) is 3. The SMILES string of the molecule is Br.N[C@H](CSc1ccccc1)[C@H](Cc1ccccc1)C(=O)O. The second-order valence-electron chi connectivity index (χ2n) is 4.92. The van der Waals surface area contributed by atoms with Crippen molar-refractivity contribution in [2.75, 3.05) is 5.75 Å². The van der Waals surface area contributed by atoms with Crippen LogP contribution in [-0.4, -0.2) is 22.9 Å². The Morgan fingerprint density at radius 2 is 1.59 bits per heavy atom. The molecule has 0 bridgehead atoms. The number of carbonyl (C=O) groups is 1. The van der Waals surface area contributed by atoms with E-state index in [-0.39, 0.29) is 23.0 Å². The number of nitrogens with two attached hydrogens (primary N) is 1. The highest BCUT2D eigenvalue weighted by Gasteiger charge is 2.25. The Morgan fingerprint density at radius 3 is 2.14 bits per heavy atom. The van der Waals surface area contributed by atoms with E-state index in [1.165, 1.54) is 0 Å². The van der Waals surface area contributed by atoms with Crippen LogP contribution in [0.3, 0.4) is 0 Å². The van der Waals surface area contributed by atoms with Crippen LogP contribution in [0, 0.1) is 5.92 Å². The highest BCUT2D eigenvalue weighted by atomic mass is 79.9. The molecule has 2 aromatic rings. The summed E-state index contributed by atoms with van der Waals surface area (Å²) in [6.45, 7) is 0. The highest BCUT2D eigenvalue weighted by Crippen LogP contribution is 2.21. The summed E-state index contributed by atoms with van der Waals surface area (Å²) in [5.41, 5.74) is 7.12. The number of rotatable bonds is 7. The lowest BCUT2D eigenvalue weighted by Crippen LogP contribution is -2.38. The summed E-state index contributed by atoms with van der Waals surface area (Å²) in [5, 5.41) is 9.41. The van der Waals surface area contributed by atoms with Crippen molar-refractivity contribution >= 4 is 34.7 Å². The number of carboxylic acids is 1. The fourth-order valence-electron chi connectivity index (χ4n) is 2.12. The summed E-state index contributed by atoms with van der Waals surface area (Å²) in [5.74, 6) is -0.808. The summed E-state index contributed by atoms with van der Waals surface area (Å²) < 4.78 is 0. The second kappa shape index (κ2) is 9.66. The summed E-state index contributed by atoms with van der Waals surface area (Å²) in [6.07, 6.45) is 0.465. The number of benzene rings is 2. The lowest BCUT2D eigenvalue weighted by molar-refractivity contribution is -0.142. The number of carboxylic acid groups (broad SMARTS) is 1. The van der Waals surface area contributed by atoms with Gasteiger partial charge in [-0.2, -0.15) is 0 Å². The molecule has 0 fully saturated rings. The molecule has 22 heavy (non-hydrogen) atoms. The van der Waals surface area contributed by atoms with Gasteiger partial charge in [0.25, 0.3) is 0 Å². The molecule has 0 heterocycles. The minimum Gasteiger partial charge on any atom is -0.481 e. The van der Waals surface area contributed by atoms with Gasteiger partial charge in [0.2, 0.25) is 0 Å². The predicted molar refractivity (Wildman–Crippen MR) is 96.7 cm³/mol. The Hall–Kier alpha value is -1.30. The van der Waals surface area contributed by atoms with Crippen LogP contribution >= 0.6 is 28.7 Å². The van der Waals surface area contributed by atoms with Crippen molar-refractivity contribution in [1.82, 2.24) is 0 Å². The van der Waals surface area contributed by atoms with E-state index in [1.807, 2.05) is 60.7 Å². The molecule has 0 radical (unpaired) electrons. The van der Waals surface area contributed by atoms with Crippen molar-refractivity contribution in [3.8, 4) is 0 Å². The third-order valence-corrected chi connectivity index (χ3v) is 4.48. The molecule has 5 heteroatoms. The van der Waals surface area contributed by atoms with E-state index in [9.17, 15) is 9.90 Å². The van der Waals surface area contributed by atoms with Gasteiger partial charge in [-0.15, -0.1) is 28.7 Å². The molecule has 0 unspecified atom stereocenters. The van der Waals surface area contributed by atoms with Crippen LogP contribution in [0.5, 0.6) is 0 Å². The Kier molecular flexibility index (Phi) is 8.24. The van der Waals surface area contributed by atoms with Crippen LogP contribution in [-0.2, 0) is 11.2 Å². The maximum absolute atomic E-state index is 11.5. The minimum absolute atomic E-state index is 0. The lowest BCUT2D eigenvalue weighted by Gasteiger charge is -2.20. The highest BCUT2D eigenvalue weighted by molar-refractivity contribution is 8.93. The zero-order chi connectivity index (χ0) is 15.1. The molecule has 118 valence electrons. The van der Waals surface area contributed by atoms with E-state index in [1.54, 1.807) is 11.8 Å². The van der Waals surface area contributed by atoms with Gasteiger partial charge in [0.05, 0.1) is 5.92 Å². The average molecular weight is 382 g/mol. The summed E-state index contributed by atoms with van der Waals surface area (Å²) in [7, 11) is 0. The first-order valence-electron chi connectivity index (χ1n) is 6.87. The van der Waals surface area contributed by atoms with Gasteiger partial charge in [0.1, 0.15) is 0 Å². The number of thioether (sulfide) groups is 1. The maximum Gasteiger partial charge on any atom is 0.308 e. The van der Waals surface area contributed by atoms with Gasteiger partial charge in [-0.3, -0.25) is 4.79 Å². The Bertz CT molecular complexity index is 565. The van der Waals surface area contributed by atoms with Crippen LogP contribution in [0.2, 0.25) is 0 Å². The van der Waals surface area contributed by atoms with Crippen LogP contribution in [0.25, 0.3) is 0 Å². The van der Waals surface area contributed by atoms with Crippen molar-refractivity contribution in [3.05, 3.63) is 66.2 Å². The first-order chi connectivity index (χ1) is 10.2. The van der Waals surface area contributed by atoms with Crippen LogP contribution in [0.1, 0.15) is 5.56 Å². The quantitative estimate of drug-likeness (QED) is 0.718. The molecule has 0 amide bonds. The topological polar surface area (TPSA) is 63.3 Å². The zero-order valence-electron chi connectivity index (χ0n) is 12.1. The van der Waals surface area contributed by atoms with Crippen LogP contribution in [0.15, 0.2) is 65.6 Å². The van der Waals surface area contributed by atoms with Crippen LogP contribution < -0.4 is 5.73 Å².